The molecule has 27 heavy (non-hydrogen) atoms. The quantitative estimate of drug-likeness (QED) is 0.610. The van der Waals surface area contributed by atoms with Gasteiger partial charge >= 0.3 is 0 Å². The standard InChI is InChI=1S/C18H18ClN5O2S/c1-12-3-8-16(26-2)15(9-12)24-18(21-22-23-24)27-11-17(25)20-10-13-4-6-14(19)7-5-13/h3-9H,10-11H2,1-2H3,(H,20,25). The van der Waals surface area contributed by atoms with Crippen molar-refractivity contribution in [2.24, 2.45) is 0 Å². The molecule has 0 saturated carbocycles. The number of rotatable bonds is 7. The van der Waals surface area contributed by atoms with Crippen LogP contribution in [-0.4, -0.2) is 39.0 Å². The Bertz CT molecular complexity index is 930. The first-order valence-corrected chi connectivity index (χ1v) is 9.50. The molecule has 3 aromatic rings. The number of carbonyl (C=O) groups is 1. The van der Waals surface area contributed by atoms with Gasteiger partial charge in [0.1, 0.15) is 11.4 Å². The summed E-state index contributed by atoms with van der Waals surface area (Å²) in [5.41, 5.74) is 2.76. The maximum atomic E-state index is 12.1. The molecule has 1 amide bonds. The van der Waals surface area contributed by atoms with E-state index >= 15 is 0 Å². The number of methoxy groups -OCH3 is 1. The molecule has 0 atom stereocenters. The van der Waals surface area contributed by atoms with Gasteiger partial charge in [-0.05, 0) is 52.7 Å². The van der Waals surface area contributed by atoms with Crippen molar-refractivity contribution in [2.75, 3.05) is 12.9 Å². The SMILES string of the molecule is COc1ccc(C)cc1-n1nnnc1SCC(=O)NCc1ccc(Cl)cc1. The Morgan fingerprint density at radius 1 is 1.26 bits per heavy atom. The zero-order chi connectivity index (χ0) is 19.2. The Labute approximate surface area is 166 Å². The van der Waals surface area contributed by atoms with Gasteiger partial charge in [0, 0.05) is 11.6 Å². The number of aromatic nitrogens is 4. The highest BCUT2D eigenvalue weighted by molar-refractivity contribution is 7.99. The molecule has 0 saturated heterocycles. The Balaban J connectivity index is 1.62. The number of benzene rings is 2. The summed E-state index contributed by atoms with van der Waals surface area (Å²) >= 11 is 7.11. The van der Waals surface area contributed by atoms with Crippen molar-refractivity contribution in [2.45, 2.75) is 18.6 Å². The number of hydrogen-bond acceptors (Lipinski definition) is 6. The van der Waals surface area contributed by atoms with E-state index in [0.29, 0.717) is 22.5 Å². The summed E-state index contributed by atoms with van der Waals surface area (Å²) in [5, 5.41) is 15.8. The number of hydrogen-bond donors (Lipinski definition) is 1. The normalized spacial score (nSPS) is 10.6. The van der Waals surface area contributed by atoms with Crippen LogP contribution in [0.4, 0.5) is 0 Å². The lowest BCUT2D eigenvalue weighted by atomic mass is 10.2. The number of thioether (sulfide) groups is 1. The molecule has 140 valence electrons. The van der Waals surface area contributed by atoms with E-state index in [-0.39, 0.29) is 11.7 Å². The zero-order valence-corrected chi connectivity index (χ0v) is 16.4. The molecule has 7 nitrogen and oxygen atoms in total. The number of amides is 1. The monoisotopic (exact) mass is 403 g/mol. The van der Waals surface area contributed by atoms with Crippen LogP contribution in [0.2, 0.25) is 5.02 Å². The van der Waals surface area contributed by atoms with Gasteiger partial charge in [0.05, 0.1) is 12.9 Å². The fraction of sp³-hybridized carbons (Fsp3) is 0.222. The minimum Gasteiger partial charge on any atom is -0.494 e. The molecule has 1 heterocycles. The fourth-order valence-electron chi connectivity index (χ4n) is 2.37. The minimum absolute atomic E-state index is 0.110. The van der Waals surface area contributed by atoms with Gasteiger partial charge < -0.3 is 10.1 Å². The first-order valence-electron chi connectivity index (χ1n) is 8.14. The van der Waals surface area contributed by atoms with Gasteiger partial charge in [-0.2, -0.15) is 4.68 Å². The highest BCUT2D eigenvalue weighted by Gasteiger charge is 2.15. The molecule has 0 spiro atoms. The van der Waals surface area contributed by atoms with Gasteiger partial charge in [-0.1, -0.05) is 41.6 Å². The first-order chi connectivity index (χ1) is 13.1. The van der Waals surface area contributed by atoms with Crippen molar-refractivity contribution in [3.05, 3.63) is 58.6 Å². The van der Waals surface area contributed by atoms with E-state index in [2.05, 4.69) is 20.8 Å². The second-order valence-corrected chi connectivity index (χ2v) is 7.12. The maximum Gasteiger partial charge on any atom is 0.230 e. The number of carbonyl (C=O) groups excluding carboxylic acids is 1. The van der Waals surface area contributed by atoms with Crippen LogP contribution in [-0.2, 0) is 11.3 Å². The lowest BCUT2D eigenvalue weighted by Gasteiger charge is -2.10. The van der Waals surface area contributed by atoms with Crippen molar-refractivity contribution < 1.29 is 9.53 Å². The number of ether oxygens (including phenoxy) is 1. The largest absolute Gasteiger partial charge is 0.494 e. The summed E-state index contributed by atoms with van der Waals surface area (Å²) in [6.45, 7) is 2.41. The molecule has 9 heteroatoms. The molecule has 0 bridgehead atoms. The second kappa shape index (κ2) is 8.88. The van der Waals surface area contributed by atoms with Gasteiger partial charge in [0.2, 0.25) is 11.1 Å². The predicted octanol–water partition coefficient (Wildman–Crippen LogP) is 3.04. The van der Waals surface area contributed by atoms with E-state index in [1.165, 1.54) is 11.8 Å². The summed E-state index contributed by atoms with van der Waals surface area (Å²) in [4.78, 5) is 12.1. The highest BCUT2D eigenvalue weighted by atomic mass is 35.5. The molecule has 1 aromatic heterocycles. The smallest absolute Gasteiger partial charge is 0.230 e. The molecule has 0 fully saturated rings. The average molecular weight is 404 g/mol. The first kappa shape index (κ1) is 19.2. The molecule has 0 aliphatic carbocycles. The van der Waals surface area contributed by atoms with Crippen LogP contribution in [0.1, 0.15) is 11.1 Å². The summed E-state index contributed by atoms with van der Waals surface area (Å²) < 4.78 is 6.96. The average Bonchev–Trinajstić information content (AvgIpc) is 3.14. The molecular formula is C18H18ClN5O2S. The third-order valence-corrected chi connectivity index (χ3v) is 4.91. The van der Waals surface area contributed by atoms with E-state index in [9.17, 15) is 4.79 Å². The summed E-state index contributed by atoms with van der Waals surface area (Å²) in [5.74, 6) is 0.741. The Hall–Kier alpha value is -2.58. The van der Waals surface area contributed by atoms with Crippen molar-refractivity contribution in [1.29, 1.82) is 0 Å². The maximum absolute atomic E-state index is 12.1. The highest BCUT2D eigenvalue weighted by Crippen LogP contribution is 2.26. The number of tetrazole rings is 1. The number of aryl methyl sites for hydroxylation is 1. The third-order valence-electron chi connectivity index (χ3n) is 3.74. The summed E-state index contributed by atoms with van der Waals surface area (Å²) in [7, 11) is 1.59. The molecule has 0 aliphatic heterocycles. The predicted molar refractivity (Wildman–Crippen MR) is 104 cm³/mol. The lowest BCUT2D eigenvalue weighted by Crippen LogP contribution is -2.24. The van der Waals surface area contributed by atoms with Crippen molar-refractivity contribution in [1.82, 2.24) is 25.5 Å². The molecule has 1 N–H and O–H groups in total. The van der Waals surface area contributed by atoms with Gasteiger partial charge in [-0.3, -0.25) is 4.79 Å². The Kier molecular flexibility index (Phi) is 6.31. The van der Waals surface area contributed by atoms with E-state index in [1.54, 1.807) is 23.9 Å². The second-order valence-electron chi connectivity index (χ2n) is 5.74. The van der Waals surface area contributed by atoms with Crippen LogP contribution in [0.15, 0.2) is 47.6 Å². The zero-order valence-electron chi connectivity index (χ0n) is 14.8. The number of nitrogens with one attached hydrogen (secondary N) is 1. The van der Waals surface area contributed by atoms with Crippen LogP contribution in [0.3, 0.4) is 0 Å². The number of nitrogens with zero attached hydrogens (tertiary/aromatic N) is 4. The van der Waals surface area contributed by atoms with Crippen LogP contribution >= 0.6 is 23.4 Å². The molecule has 0 unspecified atom stereocenters. The summed E-state index contributed by atoms with van der Waals surface area (Å²) in [6.07, 6.45) is 0. The van der Waals surface area contributed by atoms with Crippen molar-refractivity contribution in [3.8, 4) is 11.4 Å². The molecular weight excluding hydrogens is 386 g/mol. The third kappa shape index (κ3) is 4.99. The van der Waals surface area contributed by atoms with Gasteiger partial charge in [-0.15, -0.1) is 5.10 Å². The Morgan fingerprint density at radius 2 is 2.04 bits per heavy atom. The van der Waals surface area contributed by atoms with Crippen LogP contribution in [0, 0.1) is 6.92 Å². The van der Waals surface area contributed by atoms with E-state index in [1.807, 2.05) is 37.3 Å². The van der Waals surface area contributed by atoms with Gasteiger partial charge in [0.25, 0.3) is 0 Å². The fourth-order valence-corrected chi connectivity index (χ4v) is 3.21. The van der Waals surface area contributed by atoms with Crippen LogP contribution in [0.25, 0.3) is 5.69 Å². The topological polar surface area (TPSA) is 81.9 Å². The minimum atomic E-state index is -0.110. The lowest BCUT2D eigenvalue weighted by molar-refractivity contribution is -0.118. The van der Waals surface area contributed by atoms with Gasteiger partial charge in [-0.25, -0.2) is 0 Å². The van der Waals surface area contributed by atoms with E-state index < -0.39 is 0 Å². The van der Waals surface area contributed by atoms with Gasteiger partial charge in [0.15, 0.2) is 0 Å². The van der Waals surface area contributed by atoms with Crippen LogP contribution in [0.5, 0.6) is 5.75 Å². The van der Waals surface area contributed by atoms with E-state index in [0.717, 1.165) is 16.8 Å². The molecule has 0 radical (unpaired) electrons. The Morgan fingerprint density at radius 3 is 2.78 bits per heavy atom. The van der Waals surface area contributed by atoms with Crippen molar-refractivity contribution in [3.63, 3.8) is 0 Å². The molecule has 3 rings (SSSR count). The van der Waals surface area contributed by atoms with E-state index in [4.69, 9.17) is 16.3 Å². The molecule has 2 aromatic carbocycles. The number of halogens is 1. The summed E-state index contributed by atoms with van der Waals surface area (Å²) in [6, 6.07) is 13.1. The van der Waals surface area contributed by atoms with Crippen LogP contribution < -0.4 is 10.1 Å². The van der Waals surface area contributed by atoms with Crippen molar-refractivity contribution >= 4 is 29.3 Å². The molecule has 0 aliphatic rings.